The molecule has 0 spiro atoms. The Balaban J connectivity index is 2.04. The van der Waals surface area contributed by atoms with Crippen LogP contribution in [-0.2, 0) is 4.74 Å². The highest BCUT2D eigenvalue weighted by molar-refractivity contribution is 6.01. The Hall–Kier alpha value is -2.70. The van der Waals surface area contributed by atoms with Crippen LogP contribution < -0.4 is 5.32 Å². The molecule has 2 aromatic rings. The number of aryl methyl sites for hydroxylation is 1. The Kier molecular flexibility index (Phi) is 4.09. The van der Waals surface area contributed by atoms with Crippen molar-refractivity contribution in [3.05, 3.63) is 41.5 Å². The minimum Gasteiger partial charge on any atom is -0.462 e. The molecule has 0 aliphatic rings. The quantitative estimate of drug-likeness (QED) is 0.855. The van der Waals surface area contributed by atoms with Gasteiger partial charge in [-0.15, -0.1) is 0 Å². The molecule has 2 rings (SSSR count). The molecule has 104 valence electrons. The summed E-state index contributed by atoms with van der Waals surface area (Å²) >= 11 is 0. The summed E-state index contributed by atoms with van der Waals surface area (Å²) in [6.07, 6.45) is 0. The maximum Gasteiger partial charge on any atom is 0.338 e. The molecule has 0 saturated carbocycles. The molecule has 0 fully saturated rings. The summed E-state index contributed by atoms with van der Waals surface area (Å²) in [6.45, 7) is 3.64. The zero-order valence-electron chi connectivity index (χ0n) is 11.0. The number of benzene rings is 1. The molecular formula is C13H13N3O4. The average molecular weight is 275 g/mol. The van der Waals surface area contributed by atoms with Crippen molar-refractivity contribution in [3.63, 3.8) is 0 Å². The molecule has 1 aromatic heterocycles. The molecule has 7 nitrogen and oxygen atoms in total. The minimum atomic E-state index is -0.481. The summed E-state index contributed by atoms with van der Waals surface area (Å²) < 4.78 is 9.58. The van der Waals surface area contributed by atoms with E-state index in [0.717, 1.165) is 0 Å². The molecule has 0 atom stereocenters. The third kappa shape index (κ3) is 3.19. The number of carbonyl (C=O) groups excluding carboxylic acids is 2. The van der Waals surface area contributed by atoms with Crippen LogP contribution in [-0.4, -0.2) is 28.6 Å². The van der Waals surface area contributed by atoms with Crippen LogP contribution in [0.15, 0.2) is 28.8 Å². The van der Waals surface area contributed by atoms with Crippen molar-refractivity contribution in [3.8, 4) is 0 Å². The number of esters is 1. The van der Waals surface area contributed by atoms with Crippen molar-refractivity contribution >= 4 is 17.6 Å². The van der Waals surface area contributed by atoms with E-state index in [4.69, 9.17) is 9.26 Å². The summed E-state index contributed by atoms with van der Waals surface area (Å²) in [4.78, 5) is 27.0. The second kappa shape index (κ2) is 5.96. The van der Waals surface area contributed by atoms with E-state index in [0.29, 0.717) is 23.7 Å². The third-order valence-corrected chi connectivity index (χ3v) is 2.38. The molecular weight excluding hydrogens is 262 g/mol. The number of carbonyl (C=O) groups is 2. The lowest BCUT2D eigenvalue weighted by Gasteiger charge is -2.04. The number of hydrogen-bond donors (Lipinski definition) is 1. The standard InChI is InChI=1S/C13H13N3O4/c1-3-19-13(18)9-4-6-10(7-5-9)15-12(17)11-14-8(2)20-16-11/h4-7H,3H2,1-2H3,(H,15,17). The van der Waals surface area contributed by atoms with Crippen LogP contribution in [0.1, 0.15) is 33.8 Å². The van der Waals surface area contributed by atoms with Crippen LogP contribution in [0.4, 0.5) is 5.69 Å². The van der Waals surface area contributed by atoms with Gasteiger partial charge in [-0.3, -0.25) is 4.79 Å². The molecule has 1 N–H and O–H groups in total. The molecule has 1 heterocycles. The minimum absolute atomic E-state index is 0.0445. The van der Waals surface area contributed by atoms with Gasteiger partial charge >= 0.3 is 5.97 Å². The second-order valence-electron chi connectivity index (χ2n) is 3.89. The Labute approximate surface area is 114 Å². The van der Waals surface area contributed by atoms with Gasteiger partial charge in [-0.1, -0.05) is 5.16 Å². The van der Waals surface area contributed by atoms with Gasteiger partial charge in [-0.25, -0.2) is 4.79 Å². The summed E-state index contributed by atoms with van der Waals surface area (Å²) in [5.41, 5.74) is 0.936. The van der Waals surface area contributed by atoms with Crippen molar-refractivity contribution in [2.45, 2.75) is 13.8 Å². The number of nitrogens with zero attached hydrogens (tertiary/aromatic N) is 2. The van der Waals surface area contributed by atoms with Gasteiger partial charge < -0.3 is 14.6 Å². The highest BCUT2D eigenvalue weighted by Crippen LogP contribution is 2.11. The molecule has 20 heavy (non-hydrogen) atoms. The Morgan fingerprint density at radius 2 is 2.00 bits per heavy atom. The predicted molar refractivity (Wildman–Crippen MR) is 69.4 cm³/mol. The normalized spacial score (nSPS) is 10.1. The number of nitrogens with one attached hydrogen (secondary N) is 1. The van der Waals surface area contributed by atoms with Crippen molar-refractivity contribution in [1.29, 1.82) is 0 Å². The SMILES string of the molecule is CCOC(=O)c1ccc(NC(=O)c2noc(C)n2)cc1. The fourth-order valence-corrected chi connectivity index (χ4v) is 1.48. The van der Waals surface area contributed by atoms with Gasteiger partial charge in [0.2, 0.25) is 5.89 Å². The van der Waals surface area contributed by atoms with Crippen molar-refractivity contribution in [2.24, 2.45) is 0 Å². The molecule has 0 bridgehead atoms. The Bertz CT molecular complexity index is 619. The zero-order chi connectivity index (χ0) is 14.5. The van der Waals surface area contributed by atoms with Gasteiger partial charge in [0, 0.05) is 12.6 Å². The van der Waals surface area contributed by atoms with Gasteiger partial charge in [0.15, 0.2) is 0 Å². The summed E-state index contributed by atoms with van der Waals surface area (Å²) in [7, 11) is 0. The molecule has 7 heteroatoms. The van der Waals surface area contributed by atoms with Crippen molar-refractivity contribution < 1.29 is 18.8 Å². The van der Waals surface area contributed by atoms with Gasteiger partial charge in [0.1, 0.15) is 0 Å². The van der Waals surface area contributed by atoms with Crippen LogP contribution in [0.25, 0.3) is 0 Å². The van der Waals surface area contributed by atoms with Crippen LogP contribution in [0, 0.1) is 6.92 Å². The molecule has 1 aromatic carbocycles. The second-order valence-corrected chi connectivity index (χ2v) is 3.89. The number of ether oxygens (including phenoxy) is 1. The monoisotopic (exact) mass is 275 g/mol. The Morgan fingerprint density at radius 3 is 2.55 bits per heavy atom. The lowest BCUT2D eigenvalue weighted by atomic mass is 10.2. The molecule has 1 amide bonds. The van der Waals surface area contributed by atoms with Gasteiger partial charge in [0.25, 0.3) is 11.7 Å². The van der Waals surface area contributed by atoms with E-state index in [-0.39, 0.29) is 5.82 Å². The number of anilines is 1. The highest BCUT2D eigenvalue weighted by atomic mass is 16.5. The molecule has 0 unspecified atom stereocenters. The highest BCUT2D eigenvalue weighted by Gasteiger charge is 2.13. The molecule has 0 saturated heterocycles. The lowest BCUT2D eigenvalue weighted by Crippen LogP contribution is -2.14. The smallest absolute Gasteiger partial charge is 0.338 e. The van der Waals surface area contributed by atoms with E-state index < -0.39 is 11.9 Å². The zero-order valence-corrected chi connectivity index (χ0v) is 11.0. The van der Waals surface area contributed by atoms with E-state index in [1.807, 2.05) is 0 Å². The fraction of sp³-hybridized carbons (Fsp3) is 0.231. The van der Waals surface area contributed by atoms with E-state index >= 15 is 0 Å². The summed E-state index contributed by atoms with van der Waals surface area (Å²) in [5, 5.41) is 6.10. The number of aromatic nitrogens is 2. The number of hydrogen-bond acceptors (Lipinski definition) is 6. The van der Waals surface area contributed by atoms with Gasteiger partial charge in [0.05, 0.1) is 12.2 Å². The molecule has 0 aliphatic heterocycles. The lowest BCUT2D eigenvalue weighted by molar-refractivity contribution is 0.0526. The first-order chi connectivity index (χ1) is 9.60. The Morgan fingerprint density at radius 1 is 1.30 bits per heavy atom. The van der Waals surface area contributed by atoms with Crippen molar-refractivity contribution in [1.82, 2.24) is 10.1 Å². The molecule has 0 aliphatic carbocycles. The maximum atomic E-state index is 11.8. The summed E-state index contributed by atoms with van der Waals surface area (Å²) in [6, 6.07) is 6.32. The van der Waals surface area contributed by atoms with Crippen LogP contribution >= 0.6 is 0 Å². The first-order valence-corrected chi connectivity index (χ1v) is 5.99. The van der Waals surface area contributed by atoms with Crippen LogP contribution in [0.5, 0.6) is 0 Å². The fourth-order valence-electron chi connectivity index (χ4n) is 1.48. The van der Waals surface area contributed by atoms with Crippen LogP contribution in [0.3, 0.4) is 0 Å². The first-order valence-electron chi connectivity index (χ1n) is 5.99. The largest absolute Gasteiger partial charge is 0.462 e. The third-order valence-electron chi connectivity index (χ3n) is 2.38. The molecule has 0 radical (unpaired) electrons. The summed E-state index contributed by atoms with van der Waals surface area (Å²) in [5.74, 6) is -0.616. The van der Waals surface area contributed by atoms with E-state index in [2.05, 4.69) is 15.5 Å². The van der Waals surface area contributed by atoms with Crippen molar-refractivity contribution in [2.75, 3.05) is 11.9 Å². The van der Waals surface area contributed by atoms with Crippen LogP contribution in [0.2, 0.25) is 0 Å². The maximum absolute atomic E-state index is 11.8. The van der Waals surface area contributed by atoms with E-state index in [9.17, 15) is 9.59 Å². The number of amides is 1. The van der Waals surface area contributed by atoms with Gasteiger partial charge in [-0.05, 0) is 31.2 Å². The first kappa shape index (κ1) is 13.7. The van der Waals surface area contributed by atoms with Gasteiger partial charge in [-0.2, -0.15) is 4.98 Å². The van der Waals surface area contributed by atoms with E-state index in [1.54, 1.807) is 38.1 Å². The van der Waals surface area contributed by atoms with E-state index in [1.165, 1.54) is 0 Å². The predicted octanol–water partition coefficient (Wildman–Crippen LogP) is 1.81. The average Bonchev–Trinajstić information content (AvgIpc) is 2.86. The number of rotatable bonds is 4. The topological polar surface area (TPSA) is 94.3 Å².